The smallest absolute Gasteiger partial charge is 0.138 e. The molecule has 0 spiro atoms. The van der Waals surface area contributed by atoms with Gasteiger partial charge >= 0.3 is 0 Å². The Morgan fingerprint density at radius 1 is 1.57 bits per heavy atom. The van der Waals surface area contributed by atoms with Crippen molar-refractivity contribution in [1.82, 2.24) is 0 Å². The van der Waals surface area contributed by atoms with E-state index >= 15 is 0 Å². The number of ether oxygens (including phenoxy) is 1. The Morgan fingerprint density at radius 3 is 2.64 bits per heavy atom. The van der Waals surface area contributed by atoms with Crippen LogP contribution < -0.4 is 16.2 Å². The molecule has 0 saturated heterocycles. The maximum Gasteiger partial charge on any atom is 0.138 e. The van der Waals surface area contributed by atoms with Gasteiger partial charge in [0.05, 0.1) is 12.7 Å². The number of hydrogen-bond acceptors (Lipinski definition) is 3. The Labute approximate surface area is 81.2 Å². The maximum absolute atomic E-state index is 13.4. The summed E-state index contributed by atoms with van der Waals surface area (Å²) >= 11 is 0. The summed E-state index contributed by atoms with van der Waals surface area (Å²) in [6, 6.07) is 2.82. The van der Waals surface area contributed by atoms with Crippen LogP contribution in [0.5, 0.6) is 5.75 Å². The van der Waals surface area contributed by atoms with E-state index < -0.39 is 5.82 Å². The number of nitrogens with two attached hydrogens (primary N) is 2. The highest BCUT2D eigenvalue weighted by atomic mass is 19.1. The summed E-state index contributed by atoms with van der Waals surface area (Å²) in [5.41, 5.74) is 11.2. The number of nitrogens with one attached hydrogen (secondary N) is 1. The van der Waals surface area contributed by atoms with E-state index in [9.17, 15) is 4.39 Å². The Bertz CT molecular complexity index is 365. The summed E-state index contributed by atoms with van der Waals surface area (Å²) in [4.78, 5) is 0. The zero-order valence-electron chi connectivity index (χ0n) is 7.80. The molecule has 0 heterocycles. The average Bonchev–Trinajstić information content (AvgIpc) is 2.15. The molecule has 0 saturated carbocycles. The molecule has 5 N–H and O–H groups in total. The molecular formula is C9H12FN3O. The molecule has 0 aromatic heterocycles. The van der Waals surface area contributed by atoms with E-state index in [4.69, 9.17) is 21.6 Å². The number of hydrogen-bond donors (Lipinski definition) is 3. The summed E-state index contributed by atoms with van der Waals surface area (Å²) in [5, 5.41) is 7.17. The first-order valence-electron chi connectivity index (χ1n) is 4.01. The van der Waals surface area contributed by atoms with Gasteiger partial charge in [-0.15, -0.1) is 0 Å². The summed E-state index contributed by atoms with van der Waals surface area (Å²) in [6.45, 7) is 0.214. The van der Waals surface area contributed by atoms with E-state index in [1.165, 1.54) is 13.2 Å². The lowest BCUT2D eigenvalue weighted by molar-refractivity contribution is 0.409. The van der Waals surface area contributed by atoms with Crippen LogP contribution in [-0.4, -0.2) is 12.9 Å². The second-order valence-corrected chi connectivity index (χ2v) is 2.77. The molecule has 0 amide bonds. The molecule has 14 heavy (non-hydrogen) atoms. The second kappa shape index (κ2) is 4.06. The summed E-state index contributed by atoms with van der Waals surface area (Å²) in [5.74, 6) is -0.710. The average molecular weight is 197 g/mol. The van der Waals surface area contributed by atoms with Gasteiger partial charge in [-0.25, -0.2) is 4.39 Å². The SMILES string of the molecule is COc1cc(CN)cc(F)c1C(=N)N. The lowest BCUT2D eigenvalue weighted by atomic mass is 10.1. The van der Waals surface area contributed by atoms with Crippen molar-refractivity contribution in [3.05, 3.63) is 29.1 Å². The van der Waals surface area contributed by atoms with Gasteiger partial charge in [0, 0.05) is 6.54 Å². The monoisotopic (exact) mass is 197 g/mol. The number of benzene rings is 1. The quantitative estimate of drug-likeness (QED) is 0.489. The van der Waals surface area contributed by atoms with E-state index in [0.29, 0.717) is 5.56 Å². The Kier molecular flexibility index (Phi) is 3.03. The predicted molar refractivity (Wildman–Crippen MR) is 51.9 cm³/mol. The lowest BCUT2D eigenvalue weighted by Gasteiger charge is -2.09. The summed E-state index contributed by atoms with van der Waals surface area (Å²) < 4.78 is 18.3. The molecule has 0 bridgehead atoms. The third-order valence-corrected chi connectivity index (χ3v) is 1.84. The van der Waals surface area contributed by atoms with E-state index in [2.05, 4.69) is 0 Å². The molecule has 0 radical (unpaired) electrons. The molecule has 0 aliphatic rings. The molecule has 0 fully saturated rings. The maximum atomic E-state index is 13.4. The van der Waals surface area contributed by atoms with Crippen LogP contribution in [0.4, 0.5) is 4.39 Å². The van der Waals surface area contributed by atoms with Crippen LogP contribution in [-0.2, 0) is 6.54 Å². The molecule has 0 atom stereocenters. The van der Waals surface area contributed by atoms with Crippen molar-refractivity contribution in [2.75, 3.05) is 7.11 Å². The molecule has 1 rings (SSSR count). The fraction of sp³-hybridized carbons (Fsp3) is 0.222. The first-order valence-corrected chi connectivity index (χ1v) is 4.01. The fourth-order valence-electron chi connectivity index (χ4n) is 1.18. The van der Waals surface area contributed by atoms with E-state index in [0.717, 1.165) is 0 Å². The molecular weight excluding hydrogens is 185 g/mol. The van der Waals surface area contributed by atoms with Crippen molar-refractivity contribution < 1.29 is 9.13 Å². The molecule has 1 aromatic rings. The van der Waals surface area contributed by atoms with Gasteiger partial charge in [-0.05, 0) is 17.7 Å². The minimum Gasteiger partial charge on any atom is -0.496 e. The predicted octanol–water partition coefficient (Wildman–Crippen LogP) is 0.577. The molecule has 4 nitrogen and oxygen atoms in total. The van der Waals surface area contributed by atoms with Gasteiger partial charge in [-0.2, -0.15) is 0 Å². The van der Waals surface area contributed by atoms with Crippen molar-refractivity contribution >= 4 is 5.84 Å². The minimum absolute atomic E-state index is 0.0234. The first-order chi connectivity index (χ1) is 6.60. The Morgan fingerprint density at radius 2 is 2.21 bits per heavy atom. The standard InChI is InChI=1S/C9H12FN3O/c1-14-7-3-5(4-11)2-6(10)8(7)9(12)13/h2-3H,4,11H2,1H3,(H3,12,13). The normalized spacial score (nSPS) is 9.93. The van der Waals surface area contributed by atoms with Crippen molar-refractivity contribution in [3.63, 3.8) is 0 Å². The van der Waals surface area contributed by atoms with Gasteiger partial charge in [0.2, 0.25) is 0 Å². The number of halogens is 1. The topological polar surface area (TPSA) is 85.1 Å². The zero-order valence-corrected chi connectivity index (χ0v) is 7.80. The highest BCUT2D eigenvalue weighted by Crippen LogP contribution is 2.22. The Hall–Kier alpha value is -1.62. The van der Waals surface area contributed by atoms with E-state index in [1.54, 1.807) is 6.07 Å². The van der Waals surface area contributed by atoms with Crippen LogP contribution in [0.2, 0.25) is 0 Å². The van der Waals surface area contributed by atoms with Gasteiger partial charge in [-0.1, -0.05) is 0 Å². The highest BCUT2D eigenvalue weighted by Gasteiger charge is 2.13. The van der Waals surface area contributed by atoms with E-state index in [1.807, 2.05) is 0 Å². The third kappa shape index (κ3) is 1.82. The van der Waals surface area contributed by atoms with Crippen molar-refractivity contribution in [3.8, 4) is 5.75 Å². The van der Waals surface area contributed by atoms with Gasteiger partial charge in [-0.3, -0.25) is 5.41 Å². The van der Waals surface area contributed by atoms with Crippen LogP contribution in [0.1, 0.15) is 11.1 Å². The van der Waals surface area contributed by atoms with Gasteiger partial charge in [0.25, 0.3) is 0 Å². The molecule has 0 unspecified atom stereocenters. The van der Waals surface area contributed by atoms with Crippen molar-refractivity contribution in [2.45, 2.75) is 6.54 Å². The van der Waals surface area contributed by atoms with Gasteiger partial charge in [0.15, 0.2) is 0 Å². The summed E-state index contributed by atoms with van der Waals surface area (Å²) in [7, 11) is 1.39. The number of nitrogen functional groups attached to an aromatic ring is 1. The molecule has 0 aliphatic heterocycles. The molecule has 76 valence electrons. The minimum atomic E-state index is -0.586. The lowest BCUT2D eigenvalue weighted by Crippen LogP contribution is -2.15. The zero-order chi connectivity index (χ0) is 10.7. The van der Waals surface area contributed by atoms with Crippen LogP contribution in [0.15, 0.2) is 12.1 Å². The van der Waals surface area contributed by atoms with Crippen LogP contribution in [0.3, 0.4) is 0 Å². The molecule has 0 aliphatic carbocycles. The Balaban J connectivity index is 3.34. The molecule has 1 aromatic carbocycles. The van der Waals surface area contributed by atoms with Crippen molar-refractivity contribution in [1.29, 1.82) is 5.41 Å². The summed E-state index contributed by atoms with van der Waals surface area (Å²) in [6.07, 6.45) is 0. The number of amidine groups is 1. The van der Waals surface area contributed by atoms with Crippen molar-refractivity contribution in [2.24, 2.45) is 11.5 Å². The second-order valence-electron chi connectivity index (χ2n) is 2.77. The highest BCUT2D eigenvalue weighted by molar-refractivity contribution is 5.98. The number of rotatable bonds is 3. The van der Waals surface area contributed by atoms with Crippen LogP contribution in [0.25, 0.3) is 0 Å². The van der Waals surface area contributed by atoms with E-state index in [-0.39, 0.29) is 23.7 Å². The van der Waals surface area contributed by atoms with Crippen LogP contribution in [0, 0.1) is 11.2 Å². The largest absolute Gasteiger partial charge is 0.496 e. The molecule has 5 heteroatoms. The first kappa shape index (κ1) is 10.5. The third-order valence-electron chi connectivity index (χ3n) is 1.84. The van der Waals surface area contributed by atoms with Gasteiger partial charge in [0.1, 0.15) is 17.4 Å². The number of methoxy groups -OCH3 is 1. The van der Waals surface area contributed by atoms with Crippen LogP contribution >= 0.6 is 0 Å². The van der Waals surface area contributed by atoms with Gasteiger partial charge < -0.3 is 16.2 Å². The fourth-order valence-corrected chi connectivity index (χ4v) is 1.18.